The molecule has 0 fully saturated rings. The fraction of sp³-hybridized carbons (Fsp3) is 0. The van der Waals surface area contributed by atoms with Crippen LogP contribution in [0.3, 0.4) is 0 Å². The molecule has 144 heavy (non-hydrogen) atoms. The SMILES string of the molecule is c1ccc(-c2nc(-c3ccc(-c4cc5c6ccccc6c6ccccc6c5c5ccccc45)cc3)nc(-c3ccccc3-c3ccccc3)n2)cc1.c1ccc(-c2nc(-c3ccccc3)nc(-c3ccc(-c4cc5c6ccccc6c6ccccc6c5c5ccccc45)cc3)n2)cc1.c1ccc(-c2nc(-c3ccccc3)nc(-c3cccc(-c4cc5c6ccccc6c6ccccc6c5c5ccccc45)c3)n2)cc1. The van der Waals surface area contributed by atoms with Gasteiger partial charge in [0.2, 0.25) is 0 Å². The molecule has 0 N–H and O–H groups in total. The van der Waals surface area contributed by atoms with Gasteiger partial charge in [0.25, 0.3) is 0 Å². The zero-order valence-corrected chi connectivity index (χ0v) is 78.1. The monoisotopic (exact) mass is 1830 g/mol. The Bertz CT molecular complexity index is 9750. The van der Waals surface area contributed by atoms with Crippen molar-refractivity contribution in [3.63, 3.8) is 0 Å². The van der Waals surface area contributed by atoms with Gasteiger partial charge in [0.1, 0.15) is 0 Å². The fourth-order valence-corrected chi connectivity index (χ4v) is 21.2. The van der Waals surface area contributed by atoms with Gasteiger partial charge in [-0.2, -0.15) is 0 Å². The Kier molecular flexibility index (Phi) is 21.8. The second kappa shape index (κ2) is 36.9. The van der Waals surface area contributed by atoms with Gasteiger partial charge in [-0.3, -0.25) is 0 Å². The van der Waals surface area contributed by atoms with Crippen LogP contribution in [0.25, 0.3) is 276 Å². The summed E-state index contributed by atoms with van der Waals surface area (Å²) in [4.78, 5) is 44.8. The van der Waals surface area contributed by atoms with E-state index in [9.17, 15) is 0 Å². The van der Waals surface area contributed by atoms with Crippen LogP contribution in [0, 0.1) is 0 Å². The third-order valence-electron chi connectivity index (χ3n) is 27.9. The van der Waals surface area contributed by atoms with Crippen LogP contribution < -0.4 is 0 Å². The smallest absolute Gasteiger partial charge is 0.164 e. The molecule has 0 amide bonds. The number of benzene rings is 25. The second-order valence-electron chi connectivity index (χ2n) is 36.3. The first kappa shape index (κ1) is 85.1. The van der Waals surface area contributed by atoms with Crippen molar-refractivity contribution in [2.45, 2.75) is 0 Å². The number of rotatable bonds is 13. The van der Waals surface area contributed by atoms with Crippen molar-refractivity contribution in [3.05, 3.63) is 516 Å². The van der Waals surface area contributed by atoms with Gasteiger partial charge in [0.15, 0.2) is 52.4 Å². The summed E-state index contributed by atoms with van der Waals surface area (Å²) in [5.41, 5.74) is 17.8. The van der Waals surface area contributed by atoms with Crippen LogP contribution in [0.2, 0.25) is 0 Å². The lowest BCUT2D eigenvalue weighted by atomic mass is 9.87. The van der Waals surface area contributed by atoms with Gasteiger partial charge in [0, 0.05) is 50.1 Å². The number of hydrogen-bond acceptors (Lipinski definition) is 9. The Morgan fingerprint density at radius 3 is 0.535 bits per heavy atom. The third kappa shape index (κ3) is 15.6. The lowest BCUT2D eigenvalue weighted by molar-refractivity contribution is 1.07. The average molecular weight is 1830 g/mol. The predicted molar refractivity (Wildman–Crippen MR) is 600 cm³/mol. The molecule has 3 aromatic heterocycles. The van der Waals surface area contributed by atoms with Crippen LogP contribution in [0.15, 0.2) is 516 Å². The number of aromatic nitrogens is 9. The number of hydrogen-bond donors (Lipinski definition) is 0. The summed E-state index contributed by atoms with van der Waals surface area (Å²) in [6.07, 6.45) is 0. The first-order chi connectivity index (χ1) is 71.4. The van der Waals surface area contributed by atoms with E-state index in [0.29, 0.717) is 52.4 Å². The van der Waals surface area contributed by atoms with E-state index in [1.807, 2.05) is 164 Å². The standard InChI is InChI=1S/C49H31N3.2C43H27N3/c1-3-15-32(16-4-1)36-19-7-14-26-43(36)49-51-47(34-17-5-2-6-18-34)50-48(52-49)35-29-27-33(28-30-35)44-31-45-39-22-9-8-20-37(39)38-21-10-12-24-41(38)46(45)42-25-13-11-23-40(42)44;1-3-14-28(15-4-1)41-44-42(29-16-5-2-6-17-29)46-43(45-41)31-19-13-18-30(26-31)38-27-39-34-22-8-7-20-32(34)33-21-9-11-24-36(33)40(39)37-25-12-10-23-35(37)38;1-3-13-29(14-4-1)41-44-42(30-15-5-2-6-16-30)46-43(45-41)31-25-23-28(24-26-31)38-27-39-34-19-8-7-17-32(34)33-18-9-11-21-36(33)40(39)37-22-12-10-20-35(37)38/h1-31H;2*1-27H. The van der Waals surface area contributed by atoms with E-state index in [-0.39, 0.29) is 0 Å². The maximum Gasteiger partial charge on any atom is 0.164 e. The molecule has 9 nitrogen and oxygen atoms in total. The van der Waals surface area contributed by atoms with Gasteiger partial charge in [-0.1, -0.05) is 491 Å². The first-order valence-electron chi connectivity index (χ1n) is 48.7. The van der Waals surface area contributed by atoms with E-state index in [2.05, 4.69) is 352 Å². The van der Waals surface area contributed by atoms with Crippen LogP contribution in [0.5, 0.6) is 0 Å². The Morgan fingerprint density at radius 2 is 0.250 bits per heavy atom. The molecule has 28 rings (SSSR count). The highest BCUT2D eigenvalue weighted by Crippen LogP contribution is 2.49. The maximum absolute atomic E-state index is 5.12. The largest absolute Gasteiger partial charge is 0.208 e. The average Bonchev–Trinajstić information content (AvgIpc) is 0.726. The van der Waals surface area contributed by atoms with E-state index in [0.717, 1.165) is 77.9 Å². The predicted octanol–water partition coefficient (Wildman–Crippen LogP) is 35.1. The molecule has 0 aliphatic rings. The van der Waals surface area contributed by atoms with Crippen LogP contribution >= 0.6 is 0 Å². The van der Waals surface area contributed by atoms with Crippen molar-refractivity contribution in [1.82, 2.24) is 44.9 Å². The van der Waals surface area contributed by atoms with Crippen LogP contribution in [0.4, 0.5) is 0 Å². The Hall–Kier alpha value is -19.4. The number of nitrogens with zero attached hydrogens (tertiary/aromatic N) is 9. The number of fused-ring (bicyclic) bond motifs is 24. The molecular weight excluding hydrogens is 1750 g/mol. The molecule has 0 aliphatic carbocycles. The molecule has 0 saturated heterocycles. The molecule has 3 heterocycles. The highest BCUT2D eigenvalue weighted by Gasteiger charge is 2.24. The summed E-state index contributed by atoms with van der Waals surface area (Å²) < 4.78 is 0. The van der Waals surface area contributed by atoms with Gasteiger partial charge in [-0.25, -0.2) is 44.9 Å². The van der Waals surface area contributed by atoms with Crippen molar-refractivity contribution < 1.29 is 0 Å². The molecule has 9 heteroatoms. The molecule has 0 aliphatic heterocycles. The first-order valence-corrected chi connectivity index (χ1v) is 48.7. The normalized spacial score (nSPS) is 11.5. The molecule has 0 radical (unpaired) electrons. The summed E-state index contributed by atoms with van der Waals surface area (Å²) in [5, 5.41) is 30.5. The Balaban J connectivity index is 0.000000110. The molecule has 670 valence electrons. The molecule has 0 bridgehead atoms. The topological polar surface area (TPSA) is 116 Å². The summed E-state index contributed by atoms with van der Waals surface area (Å²) in [7, 11) is 0. The van der Waals surface area contributed by atoms with E-state index in [4.69, 9.17) is 44.9 Å². The molecule has 0 unspecified atom stereocenters. The van der Waals surface area contributed by atoms with Gasteiger partial charge in [-0.05, 0) is 198 Å². The Labute approximate surface area is 830 Å². The Morgan fingerprint density at radius 1 is 0.0833 bits per heavy atom. The lowest BCUT2D eigenvalue weighted by Crippen LogP contribution is -2.01. The molecule has 28 aromatic rings. The van der Waals surface area contributed by atoms with Crippen molar-refractivity contribution in [2.24, 2.45) is 0 Å². The molecule has 0 atom stereocenters. The van der Waals surface area contributed by atoms with Gasteiger partial charge < -0.3 is 0 Å². The quantitative estimate of drug-likeness (QED) is 0.104. The third-order valence-corrected chi connectivity index (χ3v) is 27.9. The van der Waals surface area contributed by atoms with E-state index in [1.165, 1.54) is 146 Å². The molecule has 25 aromatic carbocycles. The fourth-order valence-electron chi connectivity index (χ4n) is 21.2. The minimum atomic E-state index is 0.638. The summed E-state index contributed by atoms with van der Waals surface area (Å²) >= 11 is 0. The van der Waals surface area contributed by atoms with Crippen molar-refractivity contribution in [3.8, 4) is 147 Å². The van der Waals surface area contributed by atoms with E-state index in [1.54, 1.807) is 0 Å². The van der Waals surface area contributed by atoms with Crippen molar-refractivity contribution in [2.75, 3.05) is 0 Å². The van der Waals surface area contributed by atoms with E-state index >= 15 is 0 Å². The minimum Gasteiger partial charge on any atom is -0.208 e. The van der Waals surface area contributed by atoms with Gasteiger partial charge in [0.05, 0.1) is 0 Å². The van der Waals surface area contributed by atoms with Crippen molar-refractivity contribution in [1.29, 1.82) is 0 Å². The molecular formula is C135H85N9. The van der Waals surface area contributed by atoms with Crippen LogP contribution in [-0.2, 0) is 0 Å². The van der Waals surface area contributed by atoms with Gasteiger partial charge >= 0.3 is 0 Å². The highest BCUT2D eigenvalue weighted by atomic mass is 15.1. The zero-order chi connectivity index (χ0) is 95.3. The highest BCUT2D eigenvalue weighted by molar-refractivity contribution is 6.36. The zero-order valence-electron chi connectivity index (χ0n) is 78.1. The maximum atomic E-state index is 5.12. The summed E-state index contributed by atoms with van der Waals surface area (Å²) in [6.45, 7) is 0. The molecule has 0 saturated carbocycles. The minimum absolute atomic E-state index is 0.638. The van der Waals surface area contributed by atoms with E-state index < -0.39 is 0 Å². The summed E-state index contributed by atoms with van der Waals surface area (Å²) in [5.74, 6) is 5.87. The summed E-state index contributed by atoms with van der Waals surface area (Å²) in [6, 6.07) is 181. The lowest BCUT2D eigenvalue weighted by Gasteiger charge is -2.16. The van der Waals surface area contributed by atoms with Gasteiger partial charge in [-0.15, -0.1) is 0 Å². The second-order valence-corrected chi connectivity index (χ2v) is 36.3. The van der Waals surface area contributed by atoms with Crippen LogP contribution in [0.1, 0.15) is 0 Å². The van der Waals surface area contributed by atoms with Crippen molar-refractivity contribution >= 4 is 129 Å². The molecule has 0 spiro atoms. The van der Waals surface area contributed by atoms with Crippen LogP contribution in [-0.4, -0.2) is 44.9 Å².